The Morgan fingerprint density at radius 3 is 2.39 bits per heavy atom. The molecule has 36 heavy (non-hydrogen) atoms. The number of nitrogens with one attached hydrogen (secondary N) is 1. The van der Waals surface area contributed by atoms with E-state index >= 15 is 0 Å². The number of para-hydroxylation sites is 1. The minimum Gasteiger partial charge on any atom is -0.351 e. The fourth-order valence-corrected chi connectivity index (χ4v) is 5.19. The predicted octanol–water partition coefficient (Wildman–Crippen LogP) is 3.61. The lowest BCUT2D eigenvalue weighted by Crippen LogP contribution is -2.57. The summed E-state index contributed by atoms with van der Waals surface area (Å²) in [7, 11) is 0. The van der Waals surface area contributed by atoms with Crippen molar-refractivity contribution in [1.82, 2.24) is 15.1 Å². The lowest BCUT2D eigenvalue weighted by Gasteiger charge is -2.43. The summed E-state index contributed by atoms with van der Waals surface area (Å²) in [5.74, 6) is -0.250. The van der Waals surface area contributed by atoms with Crippen LogP contribution in [0.25, 0.3) is 0 Å². The van der Waals surface area contributed by atoms with Gasteiger partial charge in [0.1, 0.15) is 12.1 Å². The standard InChI is InChI=1S/C29H36N4O3/c1-3-5-9-23-12-14-24(15-13-23)27(35)31-19-16-29(17-20-31)28(36)32(21-26(34)30-18-4-2)22-33(29)25-10-7-6-8-11-25/h4,6-8,10-15H,2-3,5,9,16-22H2,1H3,(H,30,34). The van der Waals surface area contributed by atoms with Crippen LogP contribution in [0, 0.1) is 0 Å². The van der Waals surface area contributed by atoms with Gasteiger partial charge in [0, 0.05) is 30.9 Å². The maximum atomic E-state index is 13.7. The van der Waals surface area contributed by atoms with Crippen LogP contribution in [0.15, 0.2) is 67.3 Å². The van der Waals surface area contributed by atoms with Gasteiger partial charge in [-0.15, -0.1) is 6.58 Å². The number of benzene rings is 2. The Morgan fingerprint density at radius 2 is 1.75 bits per heavy atom. The van der Waals surface area contributed by atoms with Gasteiger partial charge >= 0.3 is 0 Å². The molecular formula is C29H36N4O3. The van der Waals surface area contributed by atoms with Crippen molar-refractivity contribution in [2.75, 3.05) is 37.7 Å². The van der Waals surface area contributed by atoms with Crippen molar-refractivity contribution in [1.29, 1.82) is 0 Å². The molecule has 0 atom stereocenters. The van der Waals surface area contributed by atoms with Crippen LogP contribution in [0.3, 0.4) is 0 Å². The van der Waals surface area contributed by atoms with Gasteiger partial charge in [-0.05, 0) is 55.5 Å². The van der Waals surface area contributed by atoms with Crippen LogP contribution < -0.4 is 10.2 Å². The Balaban J connectivity index is 1.48. The molecule has 2 fully saturated rings. The summed E-state index contributed by atoms with van der Waals surface area (Å²) in [6, 6.07) is 17.8. The monoisotopic (exact) mass is 488 g/mol. The molecule has 7 nitrogen and oxygen atoms in total. The molecule has 2 heterocycles. The first-order valence-electron chi connectivity index (χ1n) is 12.9. The molecule has 3 amide bonds. The third-order valence-corrected chi connectivity index (χ3v) is 7.26. The third-order valence-electron chi connectivity index (χ3n) is 7.26. The van der Waals surface area contributed by atoms with E-state index < -0.39 is 5.54 Å². The highest BCUT2D eigenvalue weighted by Crippen LogP contribution is 2.39. The smallest absolute Gasteiger partial charge is 0.253 e. The van der Waals surface area contributed by atoms with Gasteiger partial charge in [0.2, 0.25) is 5.91 Å². The second kappa shape index (κ2) is 11.4. The minimum atomic E-state index is -0.763. The van der Waals surface area contributed by atoms with Crippen LogP contribution in [0.1, 0.15) is 48.5 Å². The van der Waals surface area contributed by atoms with E-state index in [4.69, 9.17) is 0 Å². The molecule has 0 unspecified atom stereocenters. The molecular weight excluding hydrogens is 452 g/mol. The second-order valence-electron chi connectivity index (χ2n) is 9.63. The number of likely N-dealkylation sites (tertiary alicyclic amines) is 1. The molecule has 2 aliphatic rings. The number of hydrogen-bond donors (Lipinski definition) is 1. The average molecular weight is 489 g/mol. The molecule has 0 bridgehead atoms. The third kappa shape index (κ3) is 5.30. The quantitative estimate of drug-likeness (QED) is 0.548. The summed E-state index contributed by atoms with van der Waals surface area (Å²) >= 11 is 0. The first-order valence-corrected chi connectivity index (χ1v) is 12.9. The lowest BCUT2D eigenvalue weighted by molar-refractivity contribution is -0.137. The first-order chi connectivity index (χ1) is 17.5. The zero-order valence-corrected chi connectivity index (χ0v) is 21.1. The maximum Gasteiger partial charge on any atom is 0.253 e. The van der Waals surface area contributed by atoms with Crippen molar-refractivity contribution >= 4 is 23.4 Å². The minimum absolute atomic E-state index is 0.00394. The van der Waals surface area contributed by atoms with Crippen LogP contribution in [0.2, 0.25) is 0 Å². The molecule has 1 N–H and O–H groups in total. The normalized spacial score (nSPS) is 16.9. The van der Waals surface area contributed by atoms with E-state index in [0.29, 0.717) is 44.7 Å². The number of unbranched alkanes of at least 4 members (excludes halogenated alkanes) is 1. The lowest BCUT2D eigenvalue weighted by atomic mass is 9.85. The highest BCUT2D eigenvalue weighted by molar-refractivity contribution is 5.97. The number of hydrogen-bond acceptors (Lipinski definition) is 4. The Bertz CT molecular complexity index is 1080. The van der Waals surface area contributed by atoms with Crippen LogP contribution in [-0.2, 0) is 16.0 Å². The van der Waals surface area contributed by atoms with Crippen molar-refractivity contribution in [3.63, 3.8) is 0 Å². The molecule has 0 radical (unpaired) electrons. The second-order valence-corrected chi connectivity index (χ2v) is 9.63. The number of anilines is 1. The van der Waals surface area contributed by atoms with Gasteiger partial charge in [-0.2, -0.15) is 0 Å². The number of nitrogens with zero attached hydrogens (tertiary/aromatic N) is 3. The fraction of sp³-hybridized carbons (Fsp3) is 0.414. The van der Waals surface area contributed by atoms with E-state index in [9.17, 15) is 14.4 Å². The van der Waals surface area contributed by atoms with Gasteiger partial charge in [-0.3, -0.25) is 14.4 Å². The molecule has 4 rings (SSSR count). The molecule has 0 aromatic heterocycles. The van der Waals surface area contributed by atoms with Crippen LogP contribution in [-0.4, -0.2) is 65.9 Å². The predicted molar refractivity (Wildman–Crippen MR) is 142 cm³/mol. The van der Waals surface area contributed by atoms with E-state index in [1.807, 2.05) is 59.5 Å². The summed E-state index contributed by atoms with van der Waals surface area (Å²) in [6.07, 6.45) is 5.97. The van der Waals surface area contributed by atoms with Crippen molar-refractivity contribution in [3.8, 4) is 0 Å². The summed E-state index contributed by atoms with van der Waals surface area (Å²) in [4.78, 5) is 44.9. The Kier molecular flexibility index (Phi) is 8.08. The molecule has 0 saturated carbocycles. The number of aryl methyl sites for hydroxylation is 1. The zero-order chi connectivity index (χ0) is 25.5. The number of carbonyl (C=O) groups is 3. The van der Waals surface area contributed by atoms with Crippen molar-refractivity contribution in [2.45, 2.75) is 44.6 Å². The van der Waals surface area contributed by atoms with Crippen molar-refractivity contribution in [2.24, 2.45) is 0 Å². The first kappa shape index (κ1) is 25.5. The van der Waals surface area contributed by atoms with Crippen molar-refractivity contribution < 1.29 is 14.4 Å². The van der Waals surface area contributed by atoms with Gasteiger partial charge in [0.05, 0.1) is 6.67 Å². The van der Waals surface area contributed by atoms with E-state index in [-0.39, 0.29) is 24.3 Å². The zero-order valence-electron chi connectivity index (χ0n) is 21.1. The summed E-state index contributed by atoms with van der Waals surface area (Å²) < 4.78 is 0. The van der Waals surface area contributed by atoms with Gasteiger partial charge < -0.3 is 20.0 Å². The molecule has 2 aromatic rings. The summed E-state index contributed by atoms with van der Waals surface area (Å²) in [5.41, 5.74) is 2.12. The Labute approximate surface area is 213 Å². The number of amides is 3. The highest BCUT2D eigenvalue weighted by atomic mass is 16.2. The van der Waals surface area contributed by atoms with Crippen LogP contribution >= 0.6 is 0 Å². The van der Waals surface area contributed by atoms with Gasteiger partial charge in [0.25, 0.3) is 11.8 Å². The van der Waals surface area contributed by atoms with Gasteiger partial charge in [-0.25, -0.2) is 0 Å². The van der Waals surface area contributed by atoms with Crippen molar-refractivity contribution in [3.05, 3.63) is 78.4 Å². The molecule has 0 aliphatic carbocycles. The van der Waals surface area contributed by atoms with Gasteiger partial charge in [0.15, 0.2) is 0 Å². The number of carbonyl (C=O) groups excluding carboxylic acids is 3. The van der Waals surface area contributed by atoms with E-state index in [1.165, 1.54) is 5.56 Å². The largest absolute Gasteiger partial charge is 0.351 e. The number of rotatable bonds is 9. The Morgan fingerprint density at radius 1 is 1.06 bits per heavy atom. The van der Waals surface area contributed by atoms with E-state index in [0.717, 1.165) is 24.9 Å². The molecule has 190 valence electrons. The highest BCUT2D eigenvalue weighted by Gasteiger charge is 2.54. The molecule has 2 aromatic carbocycles. The summed E-state index contributed by atoms with van der Waals surface area (Å²) in [5, 5.41) is 2.76. The Hall–Kier alpha value is -3.61. The molecule has 2 saturated heterocycles. The maximum absolute atomic E-state index is 13.7. The van der Waals surface area contributed by atoms with Crippen LogP contribution in [0.4, 0.5) is 5.69 Å². The topological polar surface area (TPSA) is 73.0 Å². The molecule has 2 aliphatic heterocycles. The average Bonchev–Trinajstić information content (AvgIpc) is 3.17. The van der Waals surface area contributed by atoms with E-state index in [1.54, 1.807) is 11.0 Å². The summed E-state index contributed by atoms with van der Waals surface area (Å²) in [6.45, 7) is 7.49. The van der Waals surface area contributed by atoms with E-state index in [2.05, 4.69) is 23.7 Å². The number of piperidine rings is 1. The van der Waals surface area contributed by atoms with Crippen LogP contribution in [0.5, 0.6) is 0 Å². The fourth-order valence-electron chi connectivity index (χ4n) is 5.19. The molecule has 7 heteroatoms. The molecule has 1 spiro atoms. The van der Waals surface area contributed by atoms with Gasteiger partial charge in [-0.1, -0.05) is 49.8 Å². The SMILES string of the molecule is C=CCNC(=O)CN1CN(c2ccccc2)C2(CCN(C(=O)c3ccc(CCCC)cc3)CC2)C1=O.